The maximum atomic E-state index is 13.4. The normalized spacial score (nSPS) is 19.8. The molecular weight excluding hydrogens is 486 g/mol. The van der Waals surface area contributed by atoms with Crippen LogP contribution < -0.4 is 4.74 Å². The minimum absolute atomic E-state index is 0.154. The molecule has 2 aliphatic rings. The summed E-state index contributed by atoms with van der Waals surface area (Å²) in [6.07, 6.45) is -3.64. The van der Waals surface area contributed by atoms with Crippen LogP contribution in [0.15, 0.2) is 36.5 Å². The topological polar surface area (TPSA) is 82.4 Å². The molecule has 4 heterocycles. The maximum absolute atomic E-state index is 13.4. The average Bonchev–Trinajstić information content (AvgIpc) is 3.17. The number of carbonyl (C=O) groups excluding carboxylic acids is 1. The van der Waals surface area contributed by atoms with Crippen molar-refractivity contribution in [2.45, 2.75) is 25.0 Å². The standard InChI is InChI=1S/C20H14Cl2F3N5O3/c21-13-3-1-2-12(16(13)22)19(31)30-10-7-29-17(27-28-18(29)15(30)9-32-8-10)14-6-11(4-5-26-14)33-20(23,24)25/h1-6,10,15H,7-9H2/t10-,15+/m0/s1. The van der Waals surface area contributed by atoms with Gasteiger partial charge in [0, 0.05) is 18.8 Å². The van der Waals surface area contributed by atoms with Crippen molar-refractivity contribution in [3.8, 4) is 17.3 Å². The number of aromatic nitrogens is 4. The highest BCUT2D eigenvalue weighted by Gasteiger charge is 2.44. The maximum Gasteiger partial charge on any atom is 0.573 e. The number of amides is 1. The highest BCUT2D eigenvalue weighted by atomic mass is 35.5. The Hall–Kier alpha value is -2.89. The summed E-state index contributed by atoms with van der Waals surface area (Å²) in [6.45, 7) is 0.676. The molecule has 13 heteroatoms. The lowest BCUT2D eigenvalue weighted by molar-refractivity contribution is -0.274. The first-order chi connectivity index (χ1) is 15.7. The van der Waals surface area contributed by atoms with Crippen molar-refractivity contribution >= 4 is 29.1 Å². The molecule has 0 N–H and O–H groups in total. The van der Waals surface area contributed by atoms with Crippen LogP contribution in [-0.4, -0.2) is 56.2 Å². The number of hydrogen-bond acceptors (Lipinski definition) is 6. The van der Waals surface area contributed by atoms with Gasteiger partial charge in [-0.15, -0.1) is 23.4 Å². The largest absolute Gasteiger partial charge is 0.573 e. The van der Waals surface area contributed by atoms with Crippen molar-refractivity contribution in [3.63, 3.8) is 0 Å². The molecule has 0 saturated carbocycles. The van der Waals surface area contributed by atoms with E-state index in [1.54, 1.807) is 27.7 Å². The molecular formula is C20H14Cl2F3N5O3. The summed E-state index contributed by atoms with van der Waals surface area (Å²) in [7, 11) is 0. The lowest BCUT2D eigenvalue weighted by atomic mass is 10.0. The van der Waals surface area contributed by atoms with E-state index in [9.17, 15) is 18.0 Å². The van der Waals surface area contributed by atoms with Gasteiger partial charge in [-0.05, 0) is 18.2 Å². The van der Waals surface area contributed by atoms with Gasteiger partial charge in [0.2, 0.25) is 0 Å². The van der Waals surface area contributed by atoms with Crippen LogP contribution in [0.25, 0.3) is 11.5 Å². The fraction of sp³-hybridized carbons (Fsp3) is 0.300. The number of alkyl halides is 3. The van der Waals surface area contributed by atoms with Crippen molar-refractivity contribution in [1.29, 1.82) is 0 Å². The molecule has 2 aromatic heterocycles. The van der Waals surface area contributed by atoms with Gasteiger partial charge >= 0.3 is 6.36 Å². The first-order valence-corrected chi connectivity index (χ1v) is 10.5. The van der Waals surface area contributed by atoms with Crippen molar-refractivity contribution in [2.75, 3.05) is 13.2 Å². The Morgan fingerprint density at radius 3 is 2.79 bits per heavy atom. The second-order valence-corrected chi connectivity index (χ2v) is 8.22. The highest BCUT2D eigenvalue weighted by Crippen LogP contribution is 2.37. The van der Waals surface area contributed by atoms with Gasteiger partial charge in [0.25, 0.3) is 5.91 Å². The zero-order valence-corrected chi connectivity index (χ0v) is 18.1. The Morgan fingerprint density at radius 1 is 1.18 bits per heavy atom. The highest BCUT2D eigenvalue weighted by molar-refractivity contribution is 6.43. The zero-order chi connectivity index (χ0) is 23.3. The molecule has 2 aliphatic heterocycles. The Balaban J connectivity index is 1.51. The SMILES string of the molecule is O=C(c1cccc(Cl)c1Cl)N1[C@@H]2COC[C@@H]1c1nnc(-c3cc(OC(F)(F)F)ccn3)n1C2. The lowest BCUT2D eigenvalue weighted by Crippen LogP contribution is -2.56. The molecule has 1 amide bonds. The van der Waals surface area contributed by atoms with Gasteiger partial charge < -0.3 is 18.9 Å². The van der Waals surface area contributed by atoms with Crippen LogP contribution in [0.4, 0.5) is 13.2 Å². The van der Waals surface area contributed by atoms with Gasteiger partial charge in [-0.25, -0.2) is 0 Å². The predicted molar refractivity (Wildman–Crippen MR) is 110 cm³/mol. The molecule has 2 atom stereocenters. The van der Waals surface area contributed by atoms with Gasteiger partial charge in [-0.1, -0.05) is 29.3 Å². The van der Waals surface area contributed by atoms with Crippen LogP contribution in [0, 0.1) is 0 Å². The number of fused-ring (bicyclic) bond motifs is 4. The fourth-order valence-electron chi connectivity index (χ4n) is 4.06. The third-order valence-electron chi connectivity index (χ3n) is 5.40. The molecule has 3 aromatic rings. The summed E-state index contributed by atoms with van der Waals surface area (Å²) >= 11 is 12.3. The van der Waals surface area contributed by atoms with Crippen molar-refractivity contribution < 1.29 is 27.4 Å². The van der Waals surface area contributed by atoms with E-state index in [-0.39, 0.29) is 58.8 Å². The van der Waals surface area contributed by atoms with E-state index in [1.165, 1.54) is 6.20 Å². The molecule has 0 aliphatic carbocycles. The number of benzene rings is 1. The Kier molecular flexibility index (Phi) is 5.42. The molecule has 1 fully saturated rings. The summed E-state index contributed by atoms with van der Waals surface area (Å²) in [5, 5.41) is 8.76. The van der Waals surface area contributed by atoms with E-state index in [0.717, 1.165) is 12.1 Å². The van der Waals surface area contributed by atoms with E-state index in [1.807, 2.05) is 0 Å². The second-order valence-electron chi connectivity index (χ2n) is 7.44. The predicted octanol–water partition coefficient (Wildman–Crippen LogP) is 4.14. The van der Waals surface area contributed by atoms with Crippen molar-refractivity contribution in [3.05, 3.63) is 58.0 Å². The number of nitrogens with zero attached hydrogens (tertiary/aromatic N) is 5. The average molecular weight is 500 g/mol. The van der Waals surface area contributed by atoms with Crippen LogP contribution in [0.3, 0.4) is 0 Å². The van der Waals surface area contributed by atoms with Crippen molar-refractivity contribution in [1.82, 2.24) is 24.6 Å². The van der Waals surface area contributed by atoms with Gasteiger partial charge in [-0.2, -0.15) is 0 Å². The Labute approximate surface area is 194 Å². The van der Waals surface area contributed by atoms with E-state index in [4.69, 9.17) is 27.9 Å². The van der Waals surface area contributed by atoms with E-state index < -0.39 is 18.2 Å². The molecule has 0 spiro atoms. The fourth-order valence-corrected chi connectivity index (χ4v) is 4.44. The molecule has 1 saturated heterocycles. The van der Waals surface area contributed by atoms with Crippen LogP contribution >= 0.6 is 23.2 Å². The van der Waals surface area contributed by atoms with Gasteiger partial charge in [0.15, 0.2) is 11.6 Å². The first kappa shape index (κ1) is 21.9. The van der Waals surface area contributed by atoms with Crippen LogP contribution in [0.2, 0.25) is 10.0 Å². The van der Waals surface area contributed by atoms with Crippen molar-refractivity contribution in [2.24, 2.45) is 0 Å². The van der Waals surface area contributed by atoms with Crippen LogP contribution in [-0.2, 0) is 11.3 Å². The molecule has 33 heavy (non-hydrogen) atoms. The smallest absolute Gasteiger partial charge is 0.406 e. The third-order valence-corrected chi connectivity index (χ3v) is 6.22. The number of ether oxygens (including phenoxy) is 2. The molecule has 172 valence electrons. The van der Waals surface area contributed by atoms with Gasteiger partial charge in [0.05, 0.1) is 34.9 Å². The number of morpholine rings is 1. The number of rotatable bonds is 3. The number of pyridine rings is 1. The molecule has 0 radical (unpaired) electrons. The summed E-state index contributed by atoms with van der Waals surface area (Å²) < 4.78 is 49.2. The van der Waals surface area contributed by atoms with E-state index in [2.05, 4.69) is 19.9 Å². The molecule has 8 nitrogen and oxygen atoms in total. The lowest BCUT2D eigenvalue weighted by Gasteiger charge is -2.45. The third kappa shape index (κ3) is 4.00. The summed E-state index contributed by atoms with van der Waals surface area (Å²) in [6, 6.07) is 6.10. The summed E-state index contributed by atoms with van der Waals surface area (Å²) in [5.41, 5.74) is 0.417. The molecule has 5 rings (SSSR count). The second kappa shape index (κ2) is 8.15. The van der Waals surface area contributed by atoms with Crippen LogP contribution in [0.5, 0.6) is 5.75 Å². The monoisotopic (exact) mass is 499 g/mol. The Morgan fingerprint density at radius 2 is 2.00 bits per heavy atom. The quantitative estimate of drug-likeness (QED) is 0.538. The minimum atomic E-state index is -4.83. The molecule has 2 bridgehead atoms. The number of halogens is 5. The Bertz CT molecular complexity index is 1240. The zero-order valence-electron chi connectivity index (χ0n) is 16.6. The van der Waals surface area contributed by atoms with Gasteiger partial charge in [-0.3, -0.25) is 9.78 Å². The summed E-state index contributed by atoms with van der Waals surface area (Å²) in [4.78, 5) is 19.2. The minimum Gasteiger partial charge on any atom is -0.406 e. The van der Waals surface area contributed by atoms with E-state index in [0.29, 0.717) is 5.82 Å². The molecule has 0 unspecified atom stereocenters. The van der Waals surface area contributed by atoms with Crippen LogP contribution in [0.1, 0.15) is 22.2 Å². The number of hydrogen-bond donors (Lipinski definition) is 0. The summed E-state index contributed by atoms with van der Waals surface area (Å²) in [5.74, 6) is -0.0503. The van der Waals surface area contributed by atoms with Gasteiger partial charge in [0.1, 0.15) is 17.5 Å². The first-order valence-electron chi connectivity index (χ1n) is 9.72. The van der Waals surface area contributed by atoms with E-state index >= 15 is 0 Å². The molecule has 1 aromatic carbocycles. The number of carbonyl (C=O) groups is 1.